The van der Waals surface area contributed by atoms with Gasteiger partial charge in [0.1, 0.15) is 0 Å². The van der Waals surface area contributed by atoms with Crippen molar-refractivity contribution in [3.05, 3.63) is 35.9 Å². The number of sulfonamides is 1. The molecule has 2 amide bonds. The predicted molar refractivity (Wildman–Crippen MR) is 111 cm³/mol. The topological polar surface area (TPSA) is 86.8 Å². The van der Waals surface area contributed by atoms with Crippen LogP contribution in [0.2, 0.25) is 0 Å². The van der Waals surface area contributed by atoms with E-state index in [2.05, 4.69) is 5.32 Å². The smallest absolute Gasteiger partial charge is 0.225 e. The van der Waals surface area contributed by atoms with Crippen molar-refractivity contribution in [3.63, 3.8) is 0 Å². The van der Waals surface area contributed by atoms with Crippen LogP contribution in [0.5, 0.6) is 0 Å². The van der Waals surface area contributed by atoms with Gasteiger partial charge in [-0.05, 0) is 38.2 Å². The monoisotopic (exact) mass is 421 g/mol. The van der Waals surface area contributed by atoms with Crippen LogP contribution in [-0.4, -0.2) is 62.2 Å². The molecule has 29 heavy (non-hydrogen) atoms. The molecule has 0 spiro atoms. The Morgan fingerprint density at radius 2 is 1.72 bits per heavy atom. The normalized spacial score (nSPS) is 21.7. The summed E-state index contributed by atoms with van der Waals surface area (Å²) in [5, 5.41) is 2.85. The van der Waals surface area contributed by atoms with Crippen molar-refractivity contribution in [2.24, 2.45) is 11.8 Å². The molecule has 1 N–H and O–H groups in total. The van der Waals surface area contributed by atoms with Gasteiger partial charge in [-0.25, -0.2) is 12.7 Å². The molecule has 0 bridgehead atoms. The number of carbonyl (C=O) groups is 2. The number of rotatable bonds is 6. The van der Waals surface area contributed by atoms with Crippen molar-refractivity contribution in [2.45, 2.75) is 38.4 Å². The Bertz CT molecular complexity index is 804. The third kappa shape index (κ3) is 5.57. The zero-order chi connectivity index (χ0) is 20.9. The maximum atomic E-state index is 13.0. The number of piperidine rings is 2. The van der Waals surface area contributed by atoms with Crippen molar-refractivity contribution in [1.82, 2.24) is 14.5 Å². The van der Waals surface area contributed by atoms with Gasteiger partial charge in [-0.15, -0.1) is 0 Å². The van der Waals surface area contributed by atoms with Gasteiger partial charge >= 0.3 is 0 Å². The first-order chi connectivity index (χ1) is 13.9. The van der Waals surface area contributed by atoms with Gasteiger partial charge in [0.15, 0.2) is 0 Å². The summed E-state index contributed by atoms with van der Waals surface area (Å²) in [5.74, 6) is -0.219. The molecule has 3 rings (SSSR count). The van der Waals surface area contributed by atoms with E-state index in [0.29, 0.717) is 45.6 Å². The summed E-state index contributed by atoms with van der Waals surface area (Å²) in [7, 11) is -3.38. The summed E-state index contributed by atoms with van der Waals surface area (Å²) >= 11 is 0. The summed E-state index contributed by atoms with van der Waals surface area (Å²) in [6.07, 6.45) is 2.72. The highest BCUT2D eigenvalue weighted by Gasteiger charge is 2.35. The number of likely N-dealkylation sites (tertiary alicyclic amines) is 1. The summed E-state index contributed by atoms with van der Waals surface area (Å²) in [4.78, 5) is 26.9. The second-order valence-electron chi connectivity index (χ2n) is 7.93. The number of amides is 2. The maximum Gasteiger partial charge on any atom is 0.225 e. The van der Waals surface area contributed by atoms with Gasteiger partial charge in [-0.1, -0.05) is 30.3 Å². The Balaban J connectivity index is 1.53. The van der Waals surface area contributed by atoms with E-state index in [-0.39, 0.29) is 29.4 Å². The molecular formula is C21H31N3O4S. The van der Waals surface area contributed by atoms with Gasteiger partial charge in [0.05, 0.1) is 11.7 Å². The number of hydrogen-bond acceptors (Lipinski definition) is 4. The SMILES string of the molecule is CCNC(=O)C1CCCN(C(=O)C2CCN(S(=O)(=O)Cc3ccccc3)CC2)C1. The van der Waals surface area contributed by atoms with E-state index in [4.69, 9.17) is 0 Å². The number of nitrogens with zero attached hydrogens (tertiary/aromatic N) is 2. The summed E-state index contributed by atoms with van der Waals surface area (Å²) in [6, 6.07) is 9.17. The average molecular weight is 422 g/mol. The van der Waals surface area contributed by atoms with Crippen LogP contribution in [0, 0.1) is 11.8 Å². The Kier molecular flexibility index (Phi) is 7.29. The summed E-state index contributed by atoms with van der Waals surface area (Å²) in [6.45, 7) is 4.39. The minimum absolute atomic E-state index is 0.00714. The van der Waals surface area contributed by atoms with Gasteiger partial charge in [-0.2, -0.15) is 0 Å². The molecule has 0 radical (unpaired) electrons. The van der Waals surface area contributed by atoms with Crippen molar-refractivity contribution in [1.29, 1.82) is 0 Å². The van der Waals surface area contributed by atoms with E-state index in [1.54, 1.807) is 0 Å². The predicted octanol–water partition coefficient (Wildman–Crippen LogP) is 1.60. The van der Waals surface area contributed by atoms with Crippen molar-refractivity contribution in [3.8, 4) is 0 Å². The molecule has 1 unspecified atom stereocenters. The van der Waals surface area contributed by atoms with E-state index >= 15 is 0 Å². The fourth-order valence-corrected chi connectivity index (χ4v) is 5.79. The van der Waals surface area contributed by atoms with Crippen LogP contribution in [0.15, 0.2) is 30.3 Å². The molecule has 0 aliphatic carbocycles. The van der Waals surface area contributed by atoms with Crippen LogP contribution in [0.25, 0.3) is 0 Å². The highest BCUT2D eigenvalue weighted by Crippen LogP contribution is 2.26. The second-order valence-corrected chi connectivity index (χ2v) is 9.90. The molecule has 0 aromatic heterocycles. The quantitative estimate of drug-likeness (QED) is 0.756. The van der Waals surface area contributed by atoms with Crippen LogP contribution in [0.1, 0.15) is 38.2 Å². The van der Waals surface area contributed by atoms with E-state index < -0.39 is 10.0 Å². The van der Waals surface area contributed by atoms with Crippen LogP contribution in [-0.2, 0) is 25.4 Å². The molecule has 8 heteroatoms. The third-order valence-corrected chi connectivity index (χ3v) is 7.69. The molecule has 2 saturated heterocycles. The van der Waals surface area contributed by atoms with Gasteiger partial charge in [0.2, 0.25) is 21.8 Å². The summed E-state index contributed by atoms with van der Waals surface area (Å²) < 4.78 is 26.9. The number of carbonyl (C=O) groups excluding carboxylic acids is 2. The fourth-order valence-electron chi connectivity index (χ4n) is 4.23. The first-order valence-electron chi connectivity index (χ1n) is 10.5. The fraction of sp³-hybridized carbons (Fsp3) is 0.619. The molecule has 2 fully saturated rings. The highest BCUT2D eigenvalue weighted by molar-refractivity contribution is 7.88. The minimum atomic E-state index is -3.38. The van der Waals surface area contributed by atoms with Crippen LogP contribution in [0.4, 0.5) is 0 Å². The van der Waals surface area contributed by atoms with Crippen molar-refractivity contribution in [2.75, 3.05) is 32.7 Å². The lowest BCUT2D eigenvalue weighted by Gasteiger charge is -2.37. The maximum absolute atomic E-state index is 13.0. The molecule has 2 heterocycles. The number of hydrogen-bond donors (Lipinski definition) is 1. The van der Waals surface area contributed by atoms with Crippen molar-refractivity contribution >= 4 is 21.8 Å². The lowest BCUT2D eigenvalue weighted by Crippen LogP contribution is -2.49. The first-order valence-corrected chi connectivity index (χ1v) is 12.1. The highest BCUT2D eigenvalue weighted by atomic mass is 32.2. The minimum Gasteiger partial charge on any atom is -0.356 e. The molecule has 7 nitrogen and oxygen atoms in total. The van der Waals surface area contributed by atoms with Crippen LogP contribution in [0.3, 0.4) is 0 Å². The zero-order valence-corrected chi connectivity index (χ0v) is 17.9. The molecule has 2 aliphatic heterocycles. The van der Waals surface area contributed by atoms with Gasteiger partial charge in [0, 0.05) is 38.6 Å². The third-order valence-electron chi connectivity index (χ3n) is 5.84. The lowest BCUT2D eigenvalue weighted by atomic mass is 9.92. The van der Waals surface area contributed by atoms with Gasteiger partial charge in [0.25, 0.3) is 0 Å². The summed E-state index contributed by atoms with van der Waals surface area (Å²) in [5.41, 5.74) is 0.774. The largest absolute Gasteiger partial charge is 0.356 e. The number of benzene rings is 1. The molecule has 2 aliphatic rings. The molecular weight excluding hydrogens is 390 g/mol. The van der Waals surface area contributed by atoms with Crippen molar-refractivity contribution < 1.29 is 18.0 Å². The molecule has 1 aromatic rings. The van der Waals surface area contributed by atoms with E-state index in [9.17, 15) is 18.0 Å². The van der Waals surface area contributed by atoms with Gasteiger partial charge < -0.3 is 10.2 Å². The first kappa shape index (κ1) is 21.8. The Labute approximate surface area is 173 Å². The second kappa shape index (κ2) is 9.71. The lowest BCUT2D eigenvalue weighted by molar-refractivity contribution is -0.140. The van der Waals surface area contributed by atoms with E-state index in [0.717, 1.165) is 18.4 Å². The number of nitrogens with one attached hydrogen (secondary N) is 1. The Hall–Kier alpha value is -1.93. The molecule has 1 atom stereocenters. The zero-order valence-electron chi connectivity index (χ0n) is 17.0. The van der Waals surface area contributed by atoms with Crippen LogP contribution < -0.4 is 5.32 Å². The van der Waals surface area contributed by atoms with Crippen LogP contribution >= 0.6 is 0 Å². The molecule has 1 aromatic carbocycles. The van der Waals surface area contributed by atoms with E-state index in [1.807, 2.05) is 42.2 Å². The van der Waals surface area contributed by atoms with Gasteiger partial charge in [-0.3, -0.25) is 9.59 Å². The van der Waals surface area contributed by atoms with E-state index in [1.165, 1.54) is 4.31 Å². The Morgan fingerprint density at radius 1 is 1.03 bits per heavy atom. The molecule has 160 valence electrons. The molecule has 0 saturated carbocycles. The average Bonchev–Trinajstić information content (AvgIpc) is 2.74. The Morgan fingerprint density at radius 3 is 2.38 bits per heavy atom. The standard InChI is InChI=1S/C21H31N3O4S/c1-2-22-20(25)19-9-6-12-23(15-19)21(26)18-10-13-24(14-11-18)29(27,28)16-17-7-4-3-5-8-17/h3-5,7-8,18-19H,2,6,9-16H2,1H3,(H,22,25).